The number of hydrogen-bond acceptors (Lipinski definition) is 5. The first-order valence-corrected chi connectivity index (χ1v) is 8.18. The van der Waals surface area contributed by atoms with Gasteiger partial charge < -0.3 is 21.3 Å². The molecule has 3 rings (SSSR count). The Kier molecular flexibility index (Phi) is 5.30. The second-order valence-electron chi connectivity index (χ2n) is 5.87. The molecule has 1 atom stereocenters. The van der Waals surface area contributed by atoms with Gasteiger partial charge in [-0.3, -0.25) is 0 Å². The number of likely N-dealkylation sites (N-methyl/N-ethyl adjacent to an activating group) is 1. The molecule has 1 unspecified atom stereocenters. The van der Waals surface area contributed by atoms with Gasteiger partial charge in [-0.15, -0.1) is 0 Å². The lowest BCUT2D eigenvalue weighted by Crippen LogP contribution is -2.36. The first-order valence-electron chi connectivity index (χ1n) is 8.18. The van der Waals surface area contributed by atoms with Gasteiger partial charge in [0.15, 0.2) is 0 Å². The van der Waals surface area contributed by atoms with E-state index in [9.17, 15) is 4.39 Å². The zero-order valence-corrected chi connectivity index (χ0v) is 14.3. The number of aryl methyl sites for hydroxylation is 1. The average molecular weight is 339 g/mol. The monoisotopic (exact) mass is 339 g/mol. The van der Waals surface area contributed by atoms with E-state index in [1.54, 1.807) is 6.07 Å². The SMILES string of the molecule is CNCC1=CNC(Nc2ccc(F)cn2)C=C1Nc1ccccc1C. The number of aromatic nitrogens is 1. The summed E-state index contributed by atoms with van der Waals surface area (Å²) in [5.41, 5.74) is 4.38. The van der Waals surface area contributed by atoms with E-state index in [1.165, 1.54) is 17.8 Å². The van der Waals surface area contributed by atoms with Crippen LogP contribution in [0.15, 0.2) is 66.1 Å². The molecule has 4 N–H and O–H groups in total. The van der Waals surface area contributed by atoms with E-state index in [4.69, 9.17) is 0 Å². The molecular formula is C19H22FN5. The van der Waals surface area contributed by atoms with E-state index in [0.29, 0.717) is 5.82 Å². The number of nitrogens with one attached hydrogen (secondary N) is 4. The summed E-state index contributed by atoms with van der Waals surface area (Å²) in [6.45, 7) is 2.81. The van der Waals surface area contributed by atoms with Crippen molar-refractivity contribution in [3.63, 3.8) is 0 Å². The molecule has 1 aromatic heterocycles. The maximum Gasteiger partial charge on any atom is 0.141 e. The van der Waals surface area contributed by atoms with Crippen molar-refractivity contribution in [3.05, 3.63) is 77.5 Å². The second kappa shape index (κ2) is 7.81. The van der Waals surface area contributed by atoms with Crippen LogP contribution in [-0.4, -0.2) is 24.7 Å². The molecule has 0 spiro atoms. The van der Waals surface area contributed by atoms with Crippen molar-refractivity contribution in [2.75, 3.05) is 24.2 Å². The van der Waals surface area contributed by atoms with E-state index >= 15 is 0 Å². The summed E-state index contributed by atoms with van der Waals surface area (Å²) in [6, 6.07) is 11.2. The van der Waals surface area contributed by atoms with Crippen molar-refractivity contribution in [1.29, 1.82) is 0 Å². The Balaban J connectivity index is 1.79. The van der Waals surface area contributed by atoms with Crippen LogP contribution < -0.4 is 21.3 Å². The minimum absolute atomic E-state index is 0.148. The Labute approximate surface area is 147 Å². The van der Waals surface area contributed by atoms with Crippen LogP contribution in [0, 0.1) is 12.7 Å². The summed E-state index contributed by atoms with van der Waals surface area (Å²) in [4.78, 5) is 4.04. The Morgan fingerprint density at radius 2 is 2.04 bits per heavy atom. The molecule has 0 saturated carbocycles. The van der Waals surface area contributed by atoms with Crippen LogP contribution >= 0.6 is 0 Å². The third-order valence-corrected chi connectivity index (χ3v) is 3.93. The van der Waals surface area contributed by atoms with Crippen LogP contribution in [0.4, 0.5) is 15.9 Å². The van der Waals surface area contributed by atoms with E-state index < -0.39 is 0 Å². The molecule has 130 valence electrons. The van der Waals surface area contributed by atoms with Gasteiger partial charge in [0.05, 0.1) is 6.20 Å². The molecule has 2 aromatic rings. The number of benzene rings is 1. The number of halogens is 1. The summed E-state index contributed by atoms with van der Waals surface area (Å²) in [5, 5.41) is 13.2. The van der Waals surface area contributed by atoms with Gasteiger partial charge in [-0.05, 0) is 43.8 Å². The van der Waals surface area contributed by atoms with Crippen LogP contribution in [0.3, 0.4) is 0 Å². The summed E-state index contributed by atoms with van der Waals surface area (Å²) in [6.07, 6.45) is 5.08. The predicted molar refractivity (Wildman–Crippen MR) is 99.6 cm³/mol. The number of para-hydroxylation sites is 1. The molecule has 1 aliphatic rings. The predicted octanol–water partition coefficient (Wildman–Crippen LogP) is 2.97. The number of dihydropyridines is 1. The highest BCUT2D eigenvalue weighted by atomic mass is 19.1. The molecule has 5 nitrogen and oxygen atoms in total. The van der Waals surface area contributed by atoms with Gasteiger partial charge in [0.2, 0.25) is 0 Å². The molecule has 25 heavy (non-hydrogen) atoms. The van der Waals surface area contributed by atoms with Crippen LogP contribution in [-0.2, 0) is 0 Å². The van der Waals surface area contributed by atoms with E-state index in [0.717, 1.165) is 23.5 Å². The number of anilines is 2. The molecule has 6 heteroatoms. The first-order chi connectivity index (χ1) is 12.2. The van der Waals surface area contributed by atoms with Gasteiger partial charge in [0.1, 0.15) is 17.8 Å². The van der Waals surface area contributed by atoms with Gasteiger partial charge >= 0.3 is 0 Å². The smallest absolute Gasteiger partial charge is 0.141 e. The second-order valence-corrected chi connectivity index (χ2v) is 5.87. The number of pyridine rings is 1. The van der Waals surface area contributed by atoms with Crippen molar-refractivity contribution in [1.82, 2.24) is 15.6 Å². The van der Waals surface area contributed by atoms with Gasteiger partial charge in [0, 0.05) is 29.7 Å². The lowest BCUT2D eigenvalue weighted by atomic mass is 10.1. The summed E-state index contributed by atoms with van der Waals surface area (Å²) in [7, 11) is 1.92. The molecular weight excluding hydrogens is 317 g/mol. The topological polar surface area (TPSA) is 61.0 Å². The molecule has 0 radical (unpaired) electrons. The molecule has 0 saturated heterocycles. The van der Waals surface area contributed by atoms with E-state index in [1.807, 2.05) is 25.4 Å². The fourth-order valence-corrected chi connectivity index (χ4v) is 2.61. The van der Waals surface area contributed by atoms with Crippen molar-refractivity contribution >= 4 is 11.5 Å². The van der Waals surface area contributed by atoms with Crippen LogP contribution in [0.5, 0.6) is 0 Å². The van der Waals surface area contributed by atoms with Crippen molar-refractivity contribution in [2.45, 2.75) is 13.1 Å². The Hall–Kier alpha value is -2.86. The number of rotatable bonds is 6. The summed E-state index contributed by atoms with van der Waals surface area (Å²) >= 11 is 0. The molecule has 1 aromatic carbocycles. The lowest BCUT2D eigenvalue weighted by Gasteiger charge is -2.26. The molecule has 0 amide bonds. The zero-order chi connectivity index (χ0) is 17.6. The highest BCUT2D eigenvalue weighted by Gasteiger charge is 2.16. The Bertz CT molecular complexity index is 783. The Morgan fingerprint density at radius 1 is 1.20 bits per heavy atom. The fraction of sp³-hybridized carbons (Fsp3) is 0.211. The molecule has 2 heterocycles. The fourth-order valence-electron chi connectivity index (χ4n) is 2.61. The maximum absolute atomic E-state index is 13.0. The lowest BCUT2D eigenvalue weighted by molar-refractivity contribution is 0.621. The third kappa shape index (κ3) is 4.36. The highest BCUT2D eigenvalue weighted by Crippen LogP contribution is 2.21. The minimum Gasteiger partial charge on any atom is -0.368 e. The third-order valence-electron chi connectivity index (χ3n) is 3.93. The average Bonchev–Trinajstić information content (AvgIpc) is 2.61. The van der Waals surface area contributed by atoms with Gasteiger partial charge in [-0.25, -0.2) is 9.37 Å². The summed E-state index contributed by atoms with van der Waals surface area (Å²) < 4.78 is 13.0. The quantitative estimate of drug-likeness (QED) is 0.652. The summed E-state index contributed by atoms with van der Waals surface area (Å²) in [5.74, 6) is 0.256. The first kappa shape index (κ1) is 17.0. The minimum atomic E-state index is -0.351. The van der Waals surface area contributed by atoms with Crippen LogP contribution in [0.25, 0.3) is 0 Å². The van der Waals surface area contributed by atoms with Crippen LogP contribution in [0.2, 0.25) is 0 Å². The molecule has 1 aliphatic heterocycles. The van der Waals surface area contributed by atoms with Crippen molar-refractivity contribution in [3.8, 4) is 0 Å². The van der Waals surface area contributed by atoms with E-state index in [-0.39, 0.29) is 12.0 Å². The number of nitrogens with zero attached hydrogens (tertiary/aromatic N) is 1. The molecule has 0 fully saturated rings. The largest absolute Gasteiger partial charge is 0.368 e. The van der Waals surface area contributed by atoms with Gasteiger partial charge in [-0.2, -0.15) is 0 Å². The standard InChI is InChI=1S/C19H22FN5/c1-13-5-3-4-6-16(13)24-17-9-19(22-11-14(17)10-21-2)25-18-8-7-15(20)12-23-18/h3-9,11-12,19,21-22,24H,10H2,1-2H3,(H,23,25). The zero-order valence-electron chi connectivity index (χ0n) is 14.3. The van der Waals surface area contributed by atoms with Gasteiger partial charge in [0.25, 0.3) is 0 Å². The maximum atomic E-state index is 13.0. The van der Waals surface area contributed by atoms with Crippen molar-refractivity contribution < 1.29 is 4.39 Å². The number of hydrogen-bond donors (Lipinski definition) is 4. The molecule has 0 bridgehead atoms. The molecule has 0 aliphatic carbocycles. The van der Waals surface area contributed by atoms with Gasteiger partial charge in [-0.1, -0.05) is 18.2 Å². The highest BCUT2D eigenvalue weighted by molar-refractivity contribution is 5.59. The Morgan fingerprint density at radius 3 is 2.76 bits per heavy atom. The van der Waals surface area contributed by atoms with Crippen molar-refractivity contribution in [2.24, 2.45) is 0 Å². The normalized spacial score (nSPS) is 16.5. The van der Waals surface area contributed by atoms with Crippen LogP contribution in [0.1, 0.15) is 5.56 Å². The van der Waals surface area contributed by atoms with E-state index in [2.05, 4.69) is 51.4 Å².